The summed E-state index contributed by atoms with van der Waals surface area (Å²) < 4.78 is 4.46. The van der Waals surface area contributed by atoms with Crippen LogP contribution in [-0.4, -0.2) is 34.9 Å². The van der Waals surface area contributed by atoms with Gasteiger partial charge in [-0.3, -0.25) is 5.41 Å². The fraction of sp³-hybridized carbons (Fsp3) is 0.750. The summed E-state index contributed by atoms with van der Waals surface area (Å²) in [7, 11) is 0. The second kappa shape index (κ2) is 1.72. The molecule has 0 aliphatic carbocycles. The molecule has 1 aliphatic heterocycles. The van der Waals surface area contributed by atoms with Crippen LogP contribution >= 0.6 is 0 Å². The normalized spacial score (nSPS) is 37.5. The second-order valence-electron chi connectivity index (χ2n) is 1.69. The smallest absolute Gasteiger partial charge is 0.213 e. The van der Waals surface area contributed by atoms with E-state index in [1.165, 1.54) is 0 Å². The maximum absolute atomic E-state index is 8.67. The van der Waals surface area contributed by atoms with Gasteiger partial charge in [-0.15, -0.1) is 0 Å². The molecule has 46 valence electrons. The maximum atomic E-state index is 8.67. The standard InChI is InChI=1S/C4H7NO3/c5-4-3(7)2(6)1-8-4/h2-3,5-7H,1H2. The van der Waals surface area contributed by atoms with E-state index in [4.69, 9.17) is 15.6 Å². The molecule has 0 aromatic carbocycles. The van der Waals surface area contributed by atoms with Crippen molar-refractivity contribution in [3.05, 3.63) is 0 Å². The summed E-state index contributed by atoms with van der Waals surface area (Å²) in [6.45, 7) is 0.0417. The molecule has 3 N–H and O–H groups in total. The van der Waals surface area contributed by atoms with Crippen LogP contribution in [-0.2, 0) is 4.74 Å². The first-order valence-electron chi connectivity index (χ1n) is 2.29. The molecular weight excluding hydrogens is 110 g/mol. The topological polar surface area (TPSA) is 73.5 Å². The lowest BCUT2D eigenvalue weighted by molar-refractivity contribution is 0.0673. The van der Waals surface area contributed by atoms with Gasteiger partial charge in [0.25, 0.3) is 0 Å². The van der Waals surface area contributed by atoms with E-state index in [1.54, 1.807) is 0 Å². The molecule has 4 heteroatoms. The minimum Gasteiger partial charge on any atom is -0.476 e. The summed E-state index contributed by atoms with van der Waals surface area (Å²) in [6, 6.07) is 0. The van der Waals surface area contributed by atoms with Crippen molar-refractivity contribution in [3.63, 3.8) is 0 Å². The van der Waals surface area contributed by atoms with Crippen molar-refractivity contribution in [2.75, 3.05) is 6.61 Å². The van der Waals surface area contributed by atoms with E-state index in [0.29, 0.717) is 0 Å². The summed E-state index contributed by atoms with van der Waals surface area (Å²) in [5.74, 6) is -0.238. The van der Waals surface area contributed by atoms with Crippen molar-refractivity contribution in [1.82, 2.24) is 0 Å². The SMILES string of the molecule is N=C1OCC(O)C1O. The van der Waals surface area contributed by atoms with Crippen molar-refractivity contribution in [1.29, 1.82) is 5.41 Å². The van der Waals surface area contributed by atoms with Crippen LogP contribution in [0.3, 0.4) is 0 Å². The quantitative estimate of drug-likeness (QED) is 0.370. The average molecular weight is 117 g/mol. The Labute approximate surface area is 46.2 Å². The highest BCUT2D eigenvalue weighted by Crippen LogP contribution is 2.05. The predicted molar refractivity (Wildman–Crippen MR) is 25.7 cm³/mol. The van der Waals surface area contributed by atoms with Gasteiger partial charge >= 0.3 is 0 Å². The minimum absolute atomic E-state index is 0.0417. The second-order valence-corrected chi connectivity index (χ2v) is 1.69. The first-order chi connectivity index (χ1) is 3.72. The Bertz CT molecular complexity index is 114. The predicted octanol–water partition coefficient (Wildman–Crippen LogP) is -1.28. The lowest BCUT2D eigenvalue weighted by atomic mass is 10.2. The van der Waals surface area contributed by atoms with Crippen LogP contribution in [0.4, 0.5) is 0 Å². The number of aliphatic hydroxyl groups is 2. The number of hydrogen-bond acceptors (Lipinski definition) is 4. The molecule has 0 bridgehead atoms. The van der Waals surface area contributed by atoms with E-state index >= 15 is 0 Å². The molecule has 0 amide bonds. The number of aliphatic hydroxyl groups excluding tert-OH is 2. The fourth-order valence-electron chi connectivity index (χ4n) is 0.526. The molecule has 0 aromatic rings. The van der Waals surface area contributed by atoms with Gasteiger partial charge in [0.15, 0.2) is 6.10 Å². The Morgan fingerprint density at radius 3 is 2.38 bits per heavy atom. The van der Waals surface area contributed by atoms with E-state index in [1.807, 2.05) is 0 Å². The first kappa shape index (κ1) is 5.53. The molecule has 8 heavy (non-hydrogen) atoms. The third kappa shape index (κ3) is 0.677. The van der Waals surface area contributed by atoms with Crippen molar-refractivity contribution in [2.45, 2.75) is 12.2 Å². The lowest BCUT2D eigenvalue weighted by Crippen LogP contribution is -2.25. The molecule has 1 aliphatic rings. The van der Waals surface area contributed by atoms with Gasteiger partial charge in [-0.05, 0) is 0 Å². The molecule has 0 saturated carbocycles. The third-order valence-corrected chi connectivity index (χ3v) is 1.04. The number of nitrogens with one attached hydrogen (secondary N) is 1. The Morgan fingerprint density at radius 2 is 2.25 bits per heavy atom. The molecule has 1 saturated heterocycles. The van der Waals surface area contributed by atoms with Crippen molar-refractivity contribution >= 4 is 5.90 Å². The number of rotatable bonds is 0. The first-order valence-corrected chi connectivity index (χ1v) is 2.29. The monoisotopic (exact) mass is 117 g/mol. The number of ether oxygens (including phenoxy) is 1. The maximum Gasteiger partial charge on any atom is 0.213 e. The zero-order chi connectivity index (χ0) is 6.15. The molecule has 0 spiro atoms. The third-order valence-electron chi connectivity index (χ3n) is 1.04. The van der Waals surface area contributed by atoms with E-state index in [9.17, 15) is 0 Å². The minimum atomic E-state index is -1.10. The van der Waals surface area contributed by atoms with Gasteiger partial charge in [-0.2, -0.15) is 0 Å². The summed E-state index contributed by atoms with van der Waals surface area (Å²) in [6.07, 6.45) is -2.00. The molecule has 1 rings (SSSR count). The van der Waals surface area contributed by atoms with Crippen molar-refractivity contribution < 1.29 is 14.9 Å². The summed E-state index contributed by atoms with van der Waals surface area (Å²) in [5, 5.41) is 24.1. The zero-order valence-electron chi connectivity index (χ0n) is 4.16. The highest BCUT2D eigenvalue weighted by molar-refractivity contribution is 5.79. The highest BCUT2D eigenvalue weighted by Gasteiger charge is 2.29. The van der Waals surface area contributed by atoms with Crippen LogP contribution in [0.25, 0.3) is 0 Å². The van der Waals surface area contributed by atoms with Crippen LogP contribution in [0.2, 0.25) is 0 Å². The van der Waals surface area contributed by atoms with E-state index in [2.05, 4.69) is 4.74 Å². The van der Waals surface area contributed by atoms with Gasteiger partial charge in [-0.25, -0.2) is 0 Å². The molecule has 1 heterocycles. The lowest BCUT2D eigenvalue weighted by Gasteiger charge is -1.99. The van der Waals surface area contributed by atoms with Crippen molar-refractivity contribution in [2.24, 2.45) is 0 Å². The summed E-state index contributed by atoms with van der Waals surface area (Å²) in [4.78, 5) is 0. The van der Waals surface area contributed by atoms with Gasteiger partial charge < -0.3 is 14.9 Å². The van der Waals surface area contributed by atoms with Gasteiger partial charge in [-0.1, -0.05) is 0 Å². The largest absolute Gasteiger partial charge is 0.476 e. The van der Waals surface area contributed by atoms with Gasteiger partial charge in [0.05, 0.1) is 0 Å². The van der Waals surface area contributed by atoms with Gasteiger partial charge in [0.1, 0.15) is 12.7 Å². The van der Waals surface area contributed by atoms with Gasteiger partial charge in [0.2, 0.25) is 5.90 Å². The number of hydrogen-bond donors (Lipinski definition) is 3. The van der Waals surface area contributed by atoms with E-state index < -0.39 is 12.2 Å². The van der Waals surface area contributed by atoms with Crippen LogP contribution in [0.1, 0.15) is 0 Å². The zero-order valence-corrected chi connectivity index (χ0v) is 4.16. The Morgan fingerprint density at radius 1 is 1.62 bits per heavy atom. The van der Waals surface area contributed by atoms with E-state index in [-0.39, 0.29) is 12.5 Å². The molecule has 1 fully saturated rings. The van der Waals surface area contributed by atoms with Crippen molar-refractivity contribution in [3.8, 4) is 0 Å². The van der Waals surface area contributed by atoms with Crippen LogP contribution in [0, 0.1) is 5.41 Å². The Hall–Kier alpha value is -0.610. The summed E-state index contributed by atoms with van der Waals surface area (Å²) >= 11 is 0. The molecule has 2 atom stereocenters. The molecule has 0 radical (unpaired) electrons. The molecule has 2 unspecified atom stereocenters. The van der Waals surface area contributed by atoms with Crippen LogP contribution in [0.5, 0.6) is 0 Å². The molecular formula is C4H7NO3. The van der Waals surface area contributed by atoms with E-state index in [0.717, 1.165) is 0 Å². The highest BCUT2D eigenvalue weighted by atomic mass is 16.5. The van der Waals surface area contributed by atoms with Gasteiger partial charge in [0, 0.05) is 0 Å². The molecule has 4 nitrogen and oxygen atoms in total. The fourth-order valence-corrected chi connectivity index (χ4v) is 0.526. The van der Waals surface area contributed by atoms with Crippen LogP contribution < -0.4 is 0 Å². The Kier molecular flexibility index (Phi) is 1.19. The summed E-state index contributed by atoms with van der Waals surface area (Å²) in [5.41, 5.74) is 0. The Balaban J connectivity index is 2.56. The molecule has 0 aromatic heterocycles. The average Bonchev–Trinajstić information content (AvgIpc) is 1.98. The van der Waals surface area contributed by atoms with Crippen LogP contribution in [0.15, 0.2) is 0 Å².